The maximum absolute atomic E-state index is 3.64. The van der Waals surface area contributed by atoms with Gasteiger partial charge in [-0.05, 0) is 44.4 Å². The summed E-state index contributed by atoms with van der Waals surface area (Å²) in [5.74, 6) is 1.20. The van der Waals surface area contributed by atoms with E-state index in [1.807, 2.05) is 0 Å². The van der Waals surface area contributed by atoms with Crippen molar-refractivity contribution in [1.29, 1.82) is 0 Å². The van der Waals surface area contributed by atoms with Crippen molar-refractivity contribution >= 4 is 11.8 Å². The Hall–Kier alpha value is -0.470. The van der Waals surface area contributed by atoms with Gasteiger partial charge in [-0.1, -0.05) is 44.5 Å². The smallest absolute Gasteiger partial charge is 0.0198 e. The van der Waals surface area contributed by atoms with Crippen LogP contribution in [-0.2, 0) is 6.42 Å². The molecule has 0 fully saturated rings. The fourth-order valence-electron chi connectivity index (χ4n) is 2.16. The van der Waals surface area contributed by atoms with Crippen LogP contribution in [0.5, 0.6) is 0 Å². The third-order valence-corrected chi connectivity index (χ3v) is 5.12. The van der Waals surface area contributed by atoms with E-state index in [1.165, 1.54) is 28.9 Å². The SMILES string of the molecule is CCNC(CSC(C)CC)Cc1cc(C)ccc1C. The Kier molecular flexibility index (Phi) is 7.55. The average molecular weight is 279 g/mol. The monoisotopic (exact) mass is 279 g/mol. The zero-order chi connectivity index (χ0) is 14.3. The second-order valence-corrected chi connectivity index (χ2v) is 6.91. The van der Waals surface area contributed by atoms with Gasteiger partial charge in [0.25, 0.3) is 0 Å². The number of hydrogen-bond acceptors (Lipinski definition) is 2. The van der Waals surface area contributed by atoms with Gasteiger partial charge in [0.2, 0.25) is 0 Å². The van der Waals surface area contributed by atoms with Crippen molar-refractivity contribution in [2.75, 3.05) is 12.3 Å². The standard InChI is InChI=1S/C17H29NS/c1-6-15(5)19-12-17(18-7-2)11-16-10-13(3)8-9-14(16)4/h8-10,15,17-18H,6-7,11-12H2,1-5H3. The molecule has 2 atom stereocenters. The number of benzene rings is 1. The maximum atomic E-state index is 3.64. The van der Waals surface area contributed by atoms with E-state index >= 15 is 0 Å². The summed E-state index contributed by atoms with van der Waals surface area (Å²) in [6, 6.07) is 7.38. The summed E-state index contributed by atoms with van der Waals surface area (Å²) in [7, 11) is 0. The fourth-order valence-corrected chi connectivity index (χ4v) is 3.19. The van der Waals surface area contributed by atoms with Crippen LogP contribution in [0.2, 0.25) is 0 Å². The van der Waals surface area contributed by atoms with Crippen LogP contribution in [0.3, 0.4) is 0 Å². The number of nitrogens with one attached hydrogen (secondary N) is 1. The molecule has 0 saturated heterocycles. The van der Waals surface area contributed by atoms with Crippen molar-refractivity contribution < 1.29 is 0 Å². The summed E-state index contributed by atoms with van der Waals surface area (Å²) in [4.78, 5) is 0. The lowest BCUT2D eigenvalue weighted by molar-refractivity contribution is 0.570. The maximum Gasteiger partial charge on any atom is 0.0198 e. The van der Waals surface area contributed by atoms with Gasteiger partial charge >= 0.3 is 0 Å². The van der Waals surface area contributed by atoms with E-state index in [4.69, 9.17) is 0 Å². The topological polar surface area (TPSA) is 12.0 Å². The molecule has 0 spiro atoms. The third-order valence-electron chi connectivity index (χ3n) is 3.62. The molecule has 0 aliphatic rings. The minimum Gasteiger partial charge on any atom is -0.313 e. The first-order chi connectivity index (χ1) is 9.06. The van der Waals surface area contributed by atoms with Gasteiger partial charge in [-0.25, -0.2) is 0 Å². The van der Waals surface area contributed by atoms with Crippen molar-refractivity contribution in [3.8, 4) is 0 Å². The van der Waals surface area contributed by atoms with E-state index < -0.39 is 0 Å². The van der Waals surface area contributed by atoms with Gasteiger partial charge in [0.15, 0.2) is 0 Å². The van der Waals surface area contributed by atoms with Crippen LogP contribution in [0.25, 0.3) is 0 Å². The molecule has 0 aromatic heterocycles. The van der Waals surface area contributed by atoms with Gasteiger partial charge in [-0.3, -0.25) is 0 Å². The lowest BCUT2D eigenvalue weighted by atomic mass is 9.99. The molecule has 0 saturated carbocycles. The lowest BCUT2D eigenvalue weighted by Gasteiger charge is -2.20. The number of aryl methyl sites for hydroxylation is 2. The molecule has 2 unspecified atom stereocenters. The van der Waals surface area contributed by atoms with Crippen molar-refractivity contribution in [2.24, 2.45) is 0 Å². The molecule has 1 aromatic rings. The predicted molar refractivity (Wildman–Crippen MR) is 89.3 cm³/mol. The van der Waals surface area contributed by atoms with Crippen LogP contribution in [-0.4, -0.2) is 23.6 Å². The highest BCUT2D eigenvalue weighted by molar-refractivity contribution is 7.99. The van der Waals surface area contributed by atoms with Crippen molar-refractivity contribution in [3.05, 3.63) is 34.9 Å². The number of hydrogen-bond donors (Lipinski definition) is 1. The van der Waals surface area contributed by atoms with Crippen LogP contribution >= 0.6 is 11.8 Å². The molecule has 0 bridgehead atoms. The molecular formula is C17H29NS. The predicted octanol–water partition coefficient (Wildman–Crippen LogP) is 4.36. The summed E-state index contributed by atoms with van der Waals surface area (Å²) in [6.07, 6.45) is 2.40. The highest BCUT2D eigenvalue weighted by atomic mass is 32.2. The van der Waals surface area contributed by atoms with Crippen molar-refractivity contribution in [1.82, 2.24) is 5.32 Å². The number of rotatable bonds is 8. The fraction of sp³-hybridized carbons (Fsp3) is 0.647. The van der Waals surface area contributed by atoms with Gasteiger partial charge in [0.05, 0.1) is 0 Å². The molecule has 0 aliphatic carbocycles. The highest BCUT2D eigenvalue weighted by Crippen LogP contribution is 2.18. The third kappa shape index (κ3) is 6.01. The van der Waals surface area contributed by atoms with E-state index in [0.717, 1.165) is 18.2 Å². The molecule has 1 rings (SSSR count). The normalized spacial score (nSPS) is 14.4. The Morgan fingerprint density at radius 2 is 1.95 bits per heavy atom. The van der Waals surface area contributed by atoms with Crippen LogP contribution < -0.4 is 5.32 Å². The minimum absolute atomic E-state index is 0.588. The highest BCUT2D eigenvalue weighted by Gasteiger charge is 2.12. The van der Waals surface area contributed by atoms with Crippen molar-refractivity contribution in [3.63, 3.8) is 0 Å². The first-order valence-electron chi connectivity index (χ1n) is 7.47. The quantitative estimate of drug-likeness (QED) is 0.759. The van der Waals surface area contributed by atoms with Crippen LogP contribution in [0.15, 0.2) is 18.2 Å². The molecule has 108 valence electrons. The summed E-state index contributed by atoms with van der Waals surface area (Å²) >= 11 is 2.09. The first kappa shape index (κ1) is 16.6. The lowest BCUT2D eigenvalue weighted by Crippen LogP contribution is -2.34. The van der Waals surface area contributed by atoms with Gasteiger partial charge < -0.3 is 5.32 Å². The van der Waals surface area contributed by atoms with E-state index in [0.29, 0.717) is 6.04 Å². The number of likely N-dealkylation sites (N-methyl/N-ethyl adjacent to an activating group) is 1. The second-order valence-electron chi connectivity index (χ2n) is 5.44. The minimum atomic E-state index is 0.588. The molecule has 0 aliphatic heterocycles. The van der Waals surface area contributed by atoms with Gasteiger partial charge in [-0.15, -0.1) is 0 Å². The Labute approximate surface area is 123 Å². The zero-order valence-corrected chi connectivity index (χ0v) is 13.9. The van der Waals surface area contributed by atoms with Crippen LogP contribution in [0, 0.1) is 13.8 Å². The molecule has 0 amide bonds. The van der Waals surface area contributed by atoms with Crippen molar-refractivity contribution in [2.45, 2.75) is 58.8 Å². The van der Waals surface area contributed by atoms with E-state index in [9.17, 15) is 0 Å². The van der Waals surface area contributed by atoms with Gasteiger partial charge in [-0.2, -0.15) is 11.8 Å². The first-order valence-corrected chi connectivity index (χ1v) is 8.52. The molecular weight excluding hydrogens is 250 g/mol. The summed E-state index contributed by atoms with van der Waals surface area (Å²) in [5, 5.41) is 4.40. The van der Waals surface area contributed by atoms with E-state index in [2.05, 4.69) is 69.9 Å². The molecule has 1 nitrogen and oxygen atoms in total. The van der Waals surface area contributed by atoms with Gasteiger partial charge in [0, 0.05) is 17.0 Å². The Bertz CT molecular complexity index is 376. The second kappa shape index (κ2) is 8.65. The summed E-state index contributed by atoms with van der Waals surface area (Å²) in [5.41, 5.74) is 4.28. The average Bonchev–Trinajstić information content (AvgIpc) is 2.40. The molecule has 1 aromatic carbocycles. The Morgan fingerprint density at radius 1 is 1.21 bits per heavy atom. The molecule has 2 heteroatoms. The number of thioether (sulfide) groups is 1. The van der Waals surface area contributed by atoms with E-state index in [-0.39, 0.29) is 0 Å². The summed E-state index contributed by atoms with van der Waals surface area (Å²) < 4.78 is 0. The van der Waals surface area contributed by atoms with Gasteiger partial charge in [0.1, 0.15) is 0 Å². The van der Waals surface area contributed by atoms with Crippen LogP contribution in [0.4, 0.5) is 0 Å². The Morgan fingerprint density at radius 3 is 2.58 bits per heavy atom. The molecule has 19 heavy (non-hydrogen) atoms. The van der Waals surface area contributed by atoms with Crippen LogP contribution in [0.1, 0.15) is 43.9 Å². The largest absolute Gasteiger partial charge is 0.313 e. The Balaban J connectivity index is 2.63. The van der Waals surface area contributed by atoms with E-state index in [1.54, 1.807) is 0 Å². The molecule has 0 heterocycles. The molecule has 1 N–H and O–H groups in total. The zero-order valence-electron chi connectivity index (χ0n) is 13.1. The summed E-state index contributed by atoms with van der Waals surface area (Å²) in [6.45, 7) is 12.2. The molecule has 0 radical (unpaired) electrons.